The number of thiazole rings is 1. The zero-order chi connectivity index (χ0) is 15.1. The molecule has 2 aromatic heterocycles. The molecule has 7 heteroatoms. The molecule has 0 aromatic carbocycles. The molecular formula is C14H17ClN4OS. The molecule has 1 aliphatic rings. The van der Waals surface area contributed by atoms with Crippen LogP contribution in [0.15, 0.2) is 0 Å². The van der Waals surface area contributed by atoms with E-state index in [-0.39, 0.29) is 5.91 Å². The van der Waals surface area contributed by atoms with Gasteiger partial charge in [0.25, 0.3) is 5.91 Å². The first kappa shape index (κ1) is 14.5. The van der Waals surface area contributed by atoms with E-state index in [0.29, 0.717) is 15.0 Å². The van der Waals surface area contributed by atoms with Crippen LogP contribution in [0.2, 0.25) is 5.02 Å². The van der Waals surface area contributed by atoms with E-state index in [1.165, 1.54) is 11.3 Å². The number of halogens is 1. The number of likely N-dealkylation sites (tertiary alicyclic amines) is 1. The molecule has 1 amide bonds. The predicted molar refractivity (Wildman–Crippen MR) is 83.6 cm³/mol. The number of hydrogen-bond donors (Lipinski definition) is 0. The summed E-state index contributed by atoms with van der Waals surface area (Å²) < 4.78 is 1.72. The van der Waals surface area contributed by atoms with Crippen LogP contribution in [0, 0.1) is 20.8 Å². The fourth-order valence-electron chi connectivity index (χ4n) is 2.54. The van der Waals surface area contributed by atoms with Crippen molar-refractivity contribution in [2.45, 2.75) is 33.6 Å². The Bertz CT molecular complexity index is 700. The van der Waals surface area contributed by atoms with Crippen molar-refractivity contribution in [3.63, 3.8) is 0 Å². The predicted octanol–water partition coefficient (Wildman–Crippen LogP) is 3.14. The highest BCUT2D eigenvalue weighted by atomic mass is 35.5. The van der Waals surface area contributed by atoms with Crippen LogP contribution < -0.4 is 0 Å². The van der Waals surface area contributed by atoms with Crippen molar-refractivity contribution in [3.8, 4) is 5.13 Å². The van der Waals surface area contributed by atoms with Crippen LogP contribution >= 0.6 is 22.9 Å². The van der Waals surface area contributed by atoms with Crippen molar-refractivity contribution in [3.05, 3.63) is 27.0 Å². The van der Waals surface area contributed by atoms with Crippen molar-refractivity contribution in [2.75, 3.05) is 13.1 Å². The molecule has 5 nitrogen and oxygen atoms in total. The van der Waals surface area contributed by atoms with Gasteiger partial charge in [0.2, 0.25) is 5.13 Å². The van der Waals surface area contributed by atoms with Crippen LogP contribution in [0.1, 0.15) is 39.6 Å². The van der Waals surface area contributed by atoms with Crippen LogP contribution in [0.4, 0.5) is 0 Å². The third kappa shape index (κ3) is 2.46. The average molecular weight is 325 g/mol. The summed E-state index contributed by atoms with van der Waals surface area (Å²) in [5.41, 5.74) is 2.38. The van der Waals surface area contributed by atoms with Gasteiger partial charge in [0.15, 0.2) is 0 Å². The molecule has 0 atom stereocenters. The highest BCUT2D eigenvalue weighted by Crippen LogP contribution is 2.28. The Hall–Kier alpha value is -1.40. The number of aromatic nitrogens is 3. The molecule has 0 radical (unpaired) electrons. The van der Waals surface area contributed by atoms with Gasteiger partial charge in [-0.1, -0.05) is 22.9 Å². The number of carbonyl (C=O) groups excluding carboxylic acids is 1. The number of aryl methyl sites for hydroxylation is 2. The topological polar surface area (TPSA) is 51.0 Å². The highest BCUT2D eigenvalue weighted by molar-refractivity contribution is 7.16. The molecule has 21 heavy (non-hydrogen) atoms. The largest absolute Gasteiger partial charge is 0.338 e. The van der Waals surface area contributed by atoms with E-state index in [1.54, 1.807) is 4.68 Å². The van der Waals surface area contributed by atoms with Crippen molar-refractivity contribution < 1.29 is 4.79 Å². The lowest BCUT2D eigenvalue weighted by Gasteiger charge is -2.13. The Balaban J connectivity index is 1.97. The quantitative estimate of drug-likeness (QED) is 0.852. The van der Waals surface area contributed by atoms with E-state index in [1.807, 2.05) is 25.7 Å². The first-order valence-electron chi connectivity index (χ1n) is 6.98. The molecule has 1 fully saturated rings. The first-order chi connectivity index (χ1) is 9.99. The van der Waals surface area contributed by atoms with E-state index in [0.717, 1.165) is 43.0 Å². The Morgan fingerprint density at radius 1 is 1.19 bits per heavy atom. The van der Waals surface area contributed by atoms with Gasteiger partial charge in [0.1, 0.15) is 4.88 Å². The lowest BCUT2D eigenvalue weighted by molar-refractivity contribution is 0.0796. The Morgan fingerprint density at radius 2 is 1.86 bits per heavy atom. The van der Waals surface area contributed by atoms with Crippen molar-refractivity contribution >= 4 is 28.8 Å². The summed E-state index contributed by atoms with van der Waals surface area (Å²) >= 11 is 7.56. The van der Waals surface area contributed by atoms with Crippen LogP contribution in [0.25, 0.3) is 5.13 Å². The van der Waals surface area contributed by atoms with Crippen LogP contribution in [0.3, 0.4) is 0 Å². The molecule has 0 saturated carbocycles. The zero-order valence-corrected chi connectivity index (χ0v) is 13.9. The maximum absolute atomic E-state index is 12.5. The van der Waals surface area contributed by atoms with Gasteiger partial charge >= 0.3 is 0 Å². The fourth-order valence-corrected chi connectivity index (χ4v) is 3.70. The van der Waals surface area contributed by atoms with E-state index < -0.39 is 0 Å². The summed E-state index contributed by atoms with van der Waals surface area (Å²) in [6, 6.07) is 0. The monoisotopic (exact) mass is 324 g/mol. The highest BCUT2D eigenvalue weighted by Gasteiger charge is 2.25. The molecule has 1 aliphatic heterocycles. The van der Waals surface area contributed by atoms with Crippen LogP contribution in [-0.4, -0.2) is 38.7 Å². The minimum atomic E-state index is 0.0846. The van der Waals surface area contributed by atoms with E-state index in [4.69, 9.17) is 11.6 Å². The Morgan fingerprint density at radius 3 is 2.43 bits per heavy atom. The summed E-state index contributed by atoms with van der Waals surface area (Å²) in [7, 11) is 0. The molecule has 2 aromatic rings. The van der Waals surface area contributed by atoms with Gasteiger partial charge in [-0.15, -0.1) is 0 Å². The second-order valence-electron chi connectivity index (χ2n) is 5.31. The maximum atomic E-state index is 12.5. The normalized spacial score (nSPS) is 15.0. The number of amides is 1. The summed E-state index contributed by atoms with van der Waals surface area (Å²) in [4.78, 5) is 19.6. The Kier molecular flexibility index (Phi) is 3.75. The smallest absolute Gasteiger partial charge is 0.265 e. The van der Waals surface area contributed by atoms with Gasteiger partial charge in [-0.05, 0) is 33.6 Å². The molecule has 0 spiro atoms. The summed E-state index contributed by atoms with van der Waals surface area (Å²) in [6.07, 6.45) is 2.17. The van der Waals surface area contributed by atoms with Crippen molar-refractivity contribution in [1.82, 2.24) is 19.7 Å². The molecular weight excluding hydrogens is 308 g/mol. The Labute approximate surface area is 132 Å². The summed E-state index contributed by atoms with van der Waals surface area (Å²) in [5.74, 6) is 0.0846. The molecule has 0 N–H and O–H groups in total. The zero-order valence-electron chi connectivity index (χ0n) is 12.3. The molecule has 0 bridgehead atoms. The SMILES string of the molecule is Cc1nc(-n2nc(C)c(Cl)c2C)sc1C(=O)N1CCCC1. The number of nitrogens with zero attached hydrogens (tertiary/aromatic N) is 4. The van der Waals surface area contributed by atoms with Gasteiger partial charge < -0.3 is 4.90 Å². The molecule has 112 valence electrons. The summed E-state index contributed by atoms with van der Waals surface area (Å²) in [5, 5.41) is 5.74. The maximum Gasteiger partial charge on any atom is 0.265 e. The van der Waals surface area contributed by atoms with Crippen molar-refractivity contribution in [2.24, 2.45) is 0 Å². The van der Waals surface area contributed by atoms with Crippen LogP contribution in [0.5, 0.6) is 0 Å². The van der Waals surface area contributed by atoms with E-state index in [2.05, 4.69) is 10.1 Å². The van der Waals surface area contributed by atoms with Gasteiger partial charge in [0, 0.05) is 13.1 Å². The molecule has 3 heterocycles. The number of rotatable bonds is 2. The average Bonchev–Trinajstić information content (AvgIpc) is 3.15. The third-order valence-corrected chi connectivity index (χ3v) is 5.42. The van der Waals surface area contributed by atoms with Gasteiger partial charge in [-0.25, -0.2) is 9.67 Å². The van der Waals surface area contributed by atoms with Gasteiger partial charge in [-0.3, -0.25) is 4.79 Å². The standard InChI is InChI=1S/C14H17ClN4OS/c1-8-11(15)10(3)19(17-8)14-16-9(2)12(21-14)13(20)18-6-4-5-7-18/h4-7H2,1-3H3. The molecule has 0 aliphatic carbocycles. The van der Waals surface area contributed by atoms with Gasteiger partial charge in [0.05, 0.1) is 22.1 Å². The van der Waals surface area contributed by atoms with Gasteiger partial charge in [-0.2, -0.15) is 5.10 Å². The fraction of sp³-hybridized carbons (Fsp3) is 0.500. The lowest BCUT2D eigenvalue weighted by atomic mass is 10.3. The second kappa shape index (κ2) is 5.42. The lowest BCUT2D eigenvalue weighted by Crippen LogP contribution is -2.27. The summed E-state index contributed by atoms with van der Waals surface area (Å²) in [6.45, 7) is 7.33. The molecule has 3 rings (SSSR count). The molecule has 1 saturated heterocycles. The second-order valence-corrected chi connectivity index (χ2v) is 6.66. The minimum absolute atomic E-state index is 0.0846. The number of hydrogen-bond acceptors (Lipinski definition) is 4. The first-order valence-corrected chi connectivity index (χ1v) is 8.17. The minimum Gasteiger partial charge on any atom is -0.338 e. The van der Waals surface area contributed by atoms with E-state index >= 15 is 0 Å². The van der Waals surface area contributed by atoms with E-state index in [9.17, 15) is 4.79 Å². The third-order valence-electron chi connectivity index (χ3n) is 3.76. The molecule has 0 unspecified atom stereocenters. The van der Waals surface area contributed by atoms with Crippen LogP contribution in [-0.2, 0) is 0 Å². The number of carbonyl (C=O) groups is 1. The van der Waals surface area contributed by atoms with Crippen molar-refractivity contribution in [1.29, 1.82) is 0 Å².